The number of unbranched alkanes of at least 4 members (excludes halogenated alkanes) is 6. The maximum Gasteiger partial charge on any atom is 0.307 e. The lowest BCUT2D eigenvalue weighted by molar-refractivity contribution is -0.702. The van der Waals surface area contributed by atoms with Gasteiger partial charge in [0, 0.05) is 6.42 Å². The monoisotopic (exact) mass is 295 g/mol. The molecular formula is C17H31N2O2+. The lowest BCUT2D eigenvalue weighted by Gasteiger charge is -2.04. The number of aromatic nitrogens is 2. The molecule has 4 heteroatoms. The Bertz CT molecular complexity index is 413. The minimum atomic E-state index is -0.728. The minimum absolute atomic E-state index is 0.197. The number of carboxylic acid groups (broad SMARTS) is 1. The van der Waals surface area contributed by atoms with Gasteiger partial charge in [-0.1, -0.05) is 45.4 Å². The van der Waals surface area contributed by atoms with Crippen LogP contribution in [0.25, 0.3) is 0 Å². The van der Waals surface area contributed by atoms with Crippen molar-refractivity contribution >= 4 is 5.97 Å². The van der Waals surface area contributed by atoms with Crippen LogP contribution in [0, 0.1) is 0 Å². The molecule has 0 fully saturated rings. The maximum atomic E-state index is 10.7. The zero-order valence-corrected chi connectivity index (χ0v) is 13.7. The molecule has 0 amide bonds. The first-order valence-corrected chi connectivity index (χ1v) is 8.48. The van der Waals surface area contributed by atoms with E-state index in [1.807, 2.05) is 6.20 Å². The van der Waals surface area contributed by atoms with Crippen molar-refractivity contribution < 1.29 is 14.5 Å². The van der Waals surface area contributed by atoms with Crippen LogP contribution in [0.5, 0.6) is 0 Å². The minimum Gasteiger partial charge on any atom is -0.481 e. The number of imidazole rings is 1. The normalized spacial score (nSPS) is 11.0. The molecule has 1 rings (SSSR count). The summed E-state index contributed by atoms with van der Waals surface area (Å²) in [6, 6.07) is 0. The molecule has 0 spiro atoms. The lowest BCUT2D eigenvalue weighted by atomic mass is 10.1. The molecule has 0 aliphatic heterocycles. The zero-order valence-electron chi connectivity index (χ0n) is 13.7. The molecule has 0 aliphatic carbocycles. The SMILES string of the molecule is CCCCCCCCCc1n(CC)cc[n+]1CCC(=O)O. The van der Waals surface area contributed by atoms with Crippen LogP contribution >= 0.6 is 0 Å². The molecule has 4 nitrogen and oxygen atoms in total. The Balaban J connectivity index is 2.37. The average molecular weight is 295 g/mol. The molecule has 0 aromatic carbocycles. The average Bonchev–Trinajstić information content (AvgIpc) is 2.86. The number of rotatable bonds is 12. The highest BCUT2D eigenvalue weighted by atomic mass is 16.4. The summed E-state index contributed by atoms with van der Waals surface area (Å²) in [7, 11) is 0. The van der Waals surface area contributed by atoms with E-state index in [4.69, 9.17) is 5.11 Å². The highest BCUT2D eigenvalue weighted by molar-refractivity contribution is 5.66. The Hall–Kier alpha value is -1.32. The van der Waals surface area contributed by atoms with E-state index in [1.165, 1.54) is 50.8 Å². The molecule has 0 saturated carbocycles. The largest absolute Gasteiger partial charge is 0.481 e. The number of nitrogens with zero attached hydrogens (tertiary/aromatic N) is 2. The molecule has 21 heavy (non-hydrogen) atoms. The van der Waals surface area contributed by atoms with Crippen LogP contribution in [0.1, 0.15) is 71.0 Å². The van der Waals surface area contributed by atoms with Crippen molar-refractivity contribution in [3.8, 4) is 0 Å². The van der Waals surface area contributed by atoms with Gasteiger partial charge in [0.15, 0.2) is 0 Å². The summed E-state index contributed by atoms with van der Waals surface area (Å²) in [6.07, 6.45) is 14.5. The van der Waals surface area contributed by atoms with Gasteiger partial charge in [-0.25, -0.2) is 9.13 Å². The molecule has 0 atom stereocenters. The Labute approximate surface area is 128 Å². The summed E-state index contributed by atoms with van der Waals surface area (Å²) in [6.45, 7) is 5.91. The molecule has 1 heterocycles. The Kier molecular flexibility index (Phi) is 8.79. The van der Waals surface area contributed by atoms with Gasteiger partial charge in [-0.2, -0.15) is 0 Å². The first-order chi connectivity index (χ1) is 10.2. The predicted octanol–water partition coefficient (Wildman–Crippen LogP) is 3.56. The van der Waals surface area contributed by atoms with Crippen molar-refractivity contribution in [2.24, 2.45) is 0 Å². The molecule has 0 radical (unpaired) electrons. The summed E-state index contributed by atoms with van der Waals surface area (Å²) in [5, 5.41) is 8.83. The molecule has 120 valence electrons. The summed E-state index contributed by atoms with van der Waals surface area (Å²) in [5.74, 6) is 0.543. The lowest BCUT2D eigenvalue weighted by Crippen LogP contribution is -2.38. The van der Waals surface area contributed by atoms with Crippen LogP contribution in [-0.2, 0) is 24.3 Å². The third-order valence-corrected chi connectivity index (χ3v) is 4.00. The summed E-state index contributed by atoms with van der Waals surface area (Å²) in [4.78, 5) is 10.7. The van der Waals surface area contributed by atoms with Crippen LogP contribution in [-0.4, -0.2) is 15.6 Å². The van der Waals surface area contributed by atoms with Gasteiger partial charge < -0.3 is 5.11 Å². The van der Waals surface area contributed by atoms with E-state index in [0.29, 0.717) is 6.54 Å². The van der Waals surface area contributed by atoms with Crippen molar-refractivity contribution in [2.75, 3.05) is 0 Å². The quantitative estimate of drug-likeness (QED) is 0.473. The third-order valence-electron chi connectivity index (χ3n) is 4.00. The van der Waals surface area contributed by atoms with Gasteiger partial charge in [0.1, 0.15) is 18.9 Å². The van der Waals surface area contributed by atoms with Crippen LogP contribution in [0.15, 0.2) is 12.4 Å². The van der Waals surface area contributed by atoms with E-state index in [9.17, 15) is 4.79 Å². The number of aryl methyl sites for hydroxylation is 2. The molecule has 1 N–H and O–H groups in total. The second kappa shape index (κ2) is 10.4. The van der Waals surface area contributed by atoms with Gasteiger partial charge >= 0.3 is 5.97 Å². The first kappa shape index (κ1) is 17.7. The van der Waals surface area contributed by atoms with E-state index in [-0.39, 0.29) is 6.42 Å². The van der Waals surface area contributed by atoms with Crippen LogP contribution in [0.4, 0.5) is 0 Å². The first-order valence-electron chi connectivity index (χ1n) is 8.48. The topological polar surface area (TPSA) is 46.1 Å². The van der Waals surface area contributed by atoms with Crippen LogP contribution in [0.2, 0.25) is 0 Å². The number of aliphatic carboxylic acids is 1. The smallest absolute Gasteiger partial charge is 0.307 e. The molecule has 1 aromatic heterocycles. The molecule has 0 saturated heterocycles. The second-order valence-corrected chi connectivity index (χ2v) is 5.71. The molecule has 1 aromatic rings. The predicted molar refractivity (Wildman–Crippen MR) is 84.3 cm³/mol. The van der Waals surface area contributed by atoms with Crippen molar-refractivity contribution in [1.29, 1.82) is 0 Å². The highest BCUT2D eigenvalue weighted by Gasteiger charge is 2.16. The summed E-state index contributed by atoms with van der Waals surface area (Å²) >= 11 is 0. The van der Waals surface area contributed by atoms with Gasteiger partial charge in [-0.05, 0) is 13.3 Å². The molecular weight excluding hydrogens is 264 g/mol. The molecule has 0 aliphatic rings. The fourth-order valence-electron chi connectivity index (χ4n) is 2.73. The second-order valence-electron chi connectivity index (χ2n) is 5.71. The highest BCUT2D eigenvalue weighted by Crippen LogP contribution is 2.09. The summed E-state index contributed by atoms with van der Waals surface area (Å²) < 4.78 is 4.34. The maximum absolute atomic E-state index is 10.7. The third kappa shape index (κ3) is 6.78. The van der Waals surface area contributed by atoms with Gasteiger partial charge in [-0.3, -0.25) is 4.79 Å². The number of carbonyl (C=O) groups is 1. The van der Waals surface area contributed by atoms with E-state index in [1.54, 1.807) is 0 Å². The van der Waals surface area contributed by atoms with E-state index < -0.39 is 5.97 Å². The Morgan fingerprint density at radius 3 is 2.43 bits per heavy atom. The summed E-state index contributed by atoms with van der Waals surface area (Å²) in [5.41, 5.74) is 0. The zero-order chi connectivity index (χ0) is 15.5. The van der Waals surface area contributed by atoms with Crippen molar-refractivity contribution in [1.82, 2.24) is 4.57 Å². The number of hydrogen-bond acceptors (Lipinski definition) is 1. The fraction of sp³-hybridized carbons (Fsp3) is 0.765. The van der Waals surface area contributed by atoms with Gasteiger partial charge in [-0.15, -0.1) is 0 Å². The fourth-order valence-corrected chi connectivity index (χ4v) is 2.73. The van der Waals surface area contributed by atoms with Gasteiger partial charge in [0.2, 0.25) is 0 Å². The molecule has 0 unspecified atom stereocenters. The Morgan fingerprint density at radius 2 is 1.81 bits per heavy atom. The van der Waals surface area contributed by atoms with Crippen molar-refractivity contribution in [3.63, 3.8) is 0 Å². The van der Waals surface area contributed by atoms with E-state index in [0.717, 1.165) is 13.0 Å². The van der Waals surface area contributed by atoms with E-state index >= 15 is 0 Å². The van der Waals surface area contributed by atoms with E-state index in [2.05, 4.69) is 29.2 Å². The van der Waals surface area contributed by atoms with Crippen molar-refractivity contribution in [2.45, 2.75) is 84.7 Å². The van der Waals surface area contributed by atoms with Crippen LogP contribution in [0.3, 0.4) is 0 Å². The standard InChI is InChI=1S/C17H30N2O2/c1-3-5-6-7-8-9-10-11-16-18(4-2)14-15-19(16)13-12-17(20)21/h14-15H,3-13H2,1-2H3/p+1. The Morgan fingerprint density at radius 1 is 1.14 bits per heavy atom. The number of hydrogen-bond donors (Lipinski definition) is 1. The van der Waals surface area contributed by atoms with Crippen LogP contribution < -0.4 is 4.57 Å². The van der Waals surface area contributed by atoms with Gasteiger partial charge in [0.05, 0.1) is 13.0 Å². The molecule has 0 bridgehead atoms. The number of carboxylic acids is 1. The van der Waals surface area contributed by atoms with Crippen molar-refractivity contribution in [3.05, 3.63) is 18.2 Å². The van der Waals surface area contributed by atoms with Gasteiger partial charge in [0.25, 0.3) is 5.82 Å².